The fraction of sp³-hybridized carbons (Fsp3) is 0.385. The highest BCUT2D eigenvalue weighted by atomic mass is 16.5. The van der Waals surface area contributed by atoms with Gasteiger partial charge >= 0.3 is 5.97 Å². The van der Waals surface area contributed by atoms with Crippen LogP contribution in [0.3, 0.4) is 0 Å². The number of amides is 1. The van der Waals surface area contributed by atoms with E-state index in [0.717, 1.165) is 5.56 Å². The Kier molecular flexibility index (Phi) is 3.62. The van der Waals surface area contributed by atoms with E-state index in [0.29, 0.717) is 25.3 Å². The van der Waals surface area contributed by atoms with Gasteiger partial charge in [-0.25, -0.2) is 4.79 Å². The van der Waals surface area contributed by atoms with E-state index in [1.54, 1.807) is 19.1 Å². The summed E-state index contributed by atoms with van der Waals surface area (Å²) in [5.74, 6) is -1.26. The molecule has 2 N–H and O–H groups in total. The van der Waals surface area contributed by atoms with Crippen LogP contribution in [0.4, 0.5) is 5.69 Å². The van der Waals surface area contributed by atoms with E-state index >= 15 is 0 Å². The number of anilines is 1. The van der Waals surface area contributed by atoms with Gasteiger partial charge in [0.2, 0.25) is 5.91 Å². The zero-order chi connectivity index (χ0) is 13.1. The summed E-state index contributed by atoms with van der Waals surface area (Å²) < 4.78 is 5.15. The highest BCUT2D eigenvalue weighted by Gasteiger charge is 2.23. The third-order valence-corrected chi connectivity index (χ3v) is 2.89. The Bertz CT molecular complexity index is 478. The molecule has 96 valence electrons. The second-order valence-corrected chi connectivity index (χ2v) is 4.44. The molecule has 5 nitrogen and oxygen atoms in total. The van der Waals surface area contributed by atoms with Crippen molar-refractivity contribution in [2.75, 3.05) is 18.5 Å². The monoisotopic (exact) mass is 249 g/mol. The average molecular weight is 249 g/mol. The van der Waals surface area contributed by atoms with Gasteiger partial charge < -0.3 is 15.2 Å². The summed E-state index contributed by atoms with van der Waals surface area (Å²) in [7, 11) is 0. The maximum atomic E-state index is 11.9. The molecule has 2 rings (SSSR count). The van der Waals surface area contributed by atoms with Crippen LogP contribution in [-0.2, 0) is 9.53 Å². The van der Waals surface area contributed by atoms with Crippen molar-refractivity contribution in [2.45, 2.75) is 13.3 Å². The van der Waals surface area contributed by atoms with E-state index in [1.807, 2.05) is 0 Å². The molecule has 0 bridgehead atoms. The lowest BCUT2D eigenvalue weighted by atomic mass is 10.1. The van der Waals surface area contributed by atoms with Crippen LogP contribution in [0, 0.1) is 12.8 Å². The molecule has 1 saturated heterocycles. The Morgan fingerprint density at radius 1 is 1.39 bits per heavy atom. The molecule has 5 heteroatoms. The van der Waals surface area contributed by atoms with E-state index in [4.69, 9.17) is 9.84 Å². The van der Waals surface area contributed by atoms with Crippen LogP contribution in [0.15, 0.2) is 18.2 Å². The van der Waals surface area contributed by atoms with Crippen molar-refractivity contribution in [1.29, 1.82) is 0 Å². The minimum absolute atomic E-state index is 0.116. The summed E-state index contributed by atoms with van der Waals surface area (Å²) in [6, 6.07) is 4.78. The van der Waals surface area contributed by atoms with Crippen molar-refractivity contribution < 1.29 is 19.4 Å². The molecule has 1 fully saturated rings. The number of aryl methyl sites for hydroxylation is 1. The molecule has 1 aliphatic heterocycles. The molecule has 0 spiro atoms. The predicted molar refractivity (Wildman–Crippen MR) is 65.7 cm³/mol. The first-order chi connectivity index (χ1) is 8.56. The smallest absolute Gasteiger partial charge is 0.335 e. The SMILES string of the molecule is Cc1cc(NC(=O)[C@H]2CCOC2)cc(C(=O)O)c1. The molecule has 0 unspecified atom stereocenters. The predicted octanol–water partition coefficient (Wildman–Crippen LogP) is 1.67. The van der Waals surface area contributed by atoms with E-state index in [1.165, 1.54) is 6.07 Å². The Balaban J connectivity index is 2.13. The second-order valence-electron chi connectivity index (χ2n) is 4.44. The molecule has 1 amide bonds. The van der Waals surface area contributed by atoms with Gasteiger partial charge in [0.1, 0.15) is 0 Å². The lowest BCUT2D eigenvalue weighted by molar-refractivity contribution is -0.119. The van der Waals surface area contributed by atoms with Gasteiger partial charge in [-0.15, -0.1) is 0 Å². The molecule has 18 heavy (non-hydrogen) atoms. The molecular formula is C13H15NO4. The Morgan fingerprint density at radius 2 is 2.17 bits per heavy atom. The largest absolute Gasteiger partial charge is 0.478 e. The summed E-state index contributed by atoms with van der Waals surface area (Å²) in [4.78, 5) is 22.8. The normalized spacial score (nSPS) is 18.6. The number of carbonyl (C=O) groups excluding carboxylic acids is 1. The Labute approximate surface area is 105 Å². The number of aromatic carboxylic acids is 1. The molecule has 1 heterocycles. The van der Waals surface area contributed by atoms with Gasteiger partial charge in [-0.1, -0.05) is 0 Å². The molecule has 1 aromatic rings. The summed E-state index contributed by atoms with van der Waals surface area (Å²) in [6.07, 6.45) is 0.712. The van der Waals surface area contributed by atoms with E-state index < -0.39 is 5.97 Å². The fourth-order valence-corrected chi connectivity index (χ4v) is 1.96. The van der Waals surface area contributed by atoms with Gasteiger partial charge in [-0.3, -0.25) is 4.79 Å². The van der Waals surface area contributed by atoms with Crippen molar-refractivity contribution in [1.82, 2.24) is 0 Å². The first kappa shape index (κ1) is 12.6. The van der Waals surface area contributed by atoms with Crippen LogP contribution in [0.2, 0.25) is 0 Å². The van der Waals surface area contributed by atoms with Gasteiger partial charge in [-0.2, -0.15) is 0 Å². The number of nitrogens with one attached hydrogen (secondary N) is 1. The second kappa shape index (κ2) is 5.18. The maximum Gasteiger partial charge on any atom is 0.335 e. The fourth-order valence-electron chi connectivity index (χ4n) is 1.96. The molecule has 1 aromatic carbocycles. The number of carboxylic acid groups (broad SMARTS) is 1. The topological polar surface area (TPSA) is 75.6 Å². The van der Waals surface area contributed by atoms with Gasteiger partial charge in [0, 0.05) is 12.3 Å². The lowest BCUT2D eigenvalue weighted by Crippen LogP contribution is -2.23. The molecular weight excluding hydrogens is 234 g/mol. The van der Waals surface area contributed by atoms with Crippen molar-refractivity contribution in [3.63, 3.8) is 0 Å². The van der Waals surface area contributed by atoms with Crippen molar-refractivity contribution >= 4 is 17.6 Å². The summed E-state index contributed by atoms with van der Waals surface area (Å²) in [6.45, 7) is 2.83. The molecule has 1 atom stereocenters. The van der Waals surface area contributed by atoms with Gasteiger partial charge in [0.15, 0.2) is 0 Å². The van der Waals surface area contributed by atoms with Gasteiger partial charge in [0.05, 0.1) is 18.1 Å². The van der Waals surface area contributed by atoms with Crippen molar-refractivity contribution in [3.8, 4) is 0 Å². The van der Waals surface area contributed by atoms with E-state index in [2.05, 4.69) is 5.32 Å². The average Bonchev–Trinajstić information content (AvgIpc) is 2.81. The standard InChI is InChI=1S/C13H15NO4/c1-8-4-10(13(16)17)6-11(5-8)14-12(15)9-2-3-18-7-9/h4-6,9H,2-3,7H2,1H3,(H,14,15)(H,16,17)/t9-/m0/s1. The molecule has 0 saturated carbocycles. The number of hydrogen-bond donors (Lipinski definition) is 2. The van der Waals surface area contributed by atoms with Crippen LogP contribution in [0.25, 0.3) is 0 Å². The van der Waals surface area contributed by atoms with Crippen molar-refractivity contribution in [3.05, 3.63) is 29.3 Å². The van der Waals surface area contributed by atoms with Gasteiger partial charge in [-0.05, 0) is 37.1 Å². The number of carbonyl (C=O) groups is 2. The summed E-state index contributed by atoms with van der Waals surface area (Å²) >= 11 is 0. The van der Waals surface area contributed by atoms with Crippen LogP contribution in [-0.4, -0.2) is 30.2 Å². The molecule has 0 aliphatic carbocycles. The number of hydrogen-bond acceptors (Lipinski definition) is 3. The lowest BCUT2D eigenvalue weighted by Gasteiger charge is -2.10. The quantitative estimate of drug-likeness (QED) is 0.854. The maximum absolute atomic E-state index is 11.9. The van der Waals surface area contributed by atoms with Crippen LogP contribution >= 0.6 is 0 Å². The summed E-state index contributed by atoms with van der Waals surface area (Å²) in [5.41, 5.74) is 1.49. The Hall–Kier alpha value is -1.88. The number of carboxylic acids is 1. The molecule has 0 radical (unpaired) electrons. The zero-order valence-electron chi connectivity index (χ0n) is 10.1. The minimum Gasteiger partial charge on any atom is -0.478 e. The third-order valence-electron chi connectivity index (χ3n) is 2.89. The number of benzene rings is 1. The first-order valence-corrected chi connectivity index (χ1v) is 5.80. The zero-order valence-corrected chi connectivity index (χ0v) is 10.1. The van der Waals surface area contributed by atoms with Gasteiger partial charge in [0.25, 0.3) is 0 Å². The molecule has 1 aliphatic rings. The molecule has 0 aromatic heterocycles. The first-order valence-electron chi connectivity index (χ1n) is 5.80. The number of ether oxygens (including phenoxy) is 1. The van der Waals surface area contributed by atoms with Crippen LogP contribution < -0.4 is 5.32 Å². The summed E-state index contributed by atoms with van der Waals surface area (Å²) in [5, 5.41) is 11.7. The third kappa shape index (κ3) is 2.87. The van der Waals surface area contributed by atoms with Crippen LogP contribution in [0.1, 0.15) is 22.3 Å². The Morgan fingerprint density at radius 3 is 2.78 bits per heavy atom. The van der Waals surface area contributed by atoms with Crippen LogP contribution in [0.5, 0.6) is 0 Å². The van der Waals surface area contributed by atoms with Crippen molar-refractivity contribution in [2.24, 2.45) is 5.92 Å². The number of rotatable bonds is 3. The highest BCUT2D eigenvalue weighted by Crippen LogP contribution is 2.18. The minimum atomic E-state index is -1.00. The van der Waals surface area contributed by atoms with E-state index in [9.17, 15) is 9.59 Å². The highest BCUT2D eigenvalue weighted by molar-refractivity contribution is 5.95. The van der Waals surface area contributed by atoms with E-state index in [-0.39, 0.29) is 17.4 Å².